The minimum absolute atomic E-state index is 0.250. The van der Waals surface area contributed by atoms with Crippen LogP contribution in [0.25, 0.3) is 11.3 Å². The molecule has 5 heteroatoms. The maximum atomic E-state index is 12.8. The van der Waals surface area contributed by atoms with Crippen molar-refractivity contribution in [2.24, 2.45) is 5.73 Å². The highest BCUT2D eigenvalue weighted by Crippen LogP contribution is 2.24. The minimum Gasteiger partial charge on any atom is -0.381 e. The predicted octanol–water partition coefficient (Wildman–Crippen LogP) is 1.59. The number of nitrogens with two attached hydrogens (primary N) is 1. The van der Waals surface area contributed by atoms with Gasteiger partial charge in [0.05, 0.1) is 17.6 Å². The zero-order chi connectivity index (χ0) is 11.4. The molecule has 4 nitrogen and oxygen atoms in total. The van der Waals surface area contributed by atoms with Crippen molar-refractivity contribution < 1.29 is 4.39 Å². The Balaban J connectivity index is 2.26. The lowest BCUT2D eigenvalue weighted by atomic mass is 10.1. The van der Waals surface area contributed by atoms with Crippen LogP contribution in [0.2, 0.25) is 0 Å². The zero-order valence-corrected chi connectivity index (χ0v) is 8.70. The van der Waals surface area contributed by atoms with E-state index in [1.54, 1.807) is 18.3 Å². The van der Waals surface area contributed by atoms with Gasteiger partial charge in [-0.1, -0.05) is 0 Å². The Morgan fingerprint density at radius 2 is 2.06 bits per heavy atom. The fourth-order valence-electron chi connectivity index (χ4n) is 1.46. The molecule has 1 aromatic heterocycles. The fourth-order valence-corrected chi connectivity index (χ4v) is 1.46. The number of aromatic amines is 1. The summed E-state index contributed by atoms with van der Waals surface area (Å²) in [7, 11) is 0. The van der Waals surface area contributed by atoms with Crippen LogP contribution in [0.3, 0.4) is 0 Å². The Kier molecular flexibility index (Phi) is 3.16. The minimum atomic E-state index is -0.250. The lowest BCUT2D eigenvalue weighted by Gasteiger charge is -2.05. The van der Waals surface area contributed by atoms with E-state index in [1.165, 1.54) is 12.1 Å². The molecule has 0 radical (unpaired) electrons. The molecular weight excluding hydrogens is 207 g/mol. The predicted molar refractivity (Wildman–Crippen MR) is 61.5 cm³/mol. The summed E-state index contributed by atoms with van der Waals surface area (Å²) < 4.78 is 12.8. The van der Waals surface area contributed by atoms with Crippen LogP contribution in [0.1, 0.15) is 0 Å². The Morgan fingerprint density at radius 1 is 1.31 bits per heavy atom. The van der Waals surface area contributed by atoms with E-state index in [0.29, 0.717) is 13.1 Å². The van der Waals surface area contributed by atoms with E-state index in [0.717, 1.165) is 16.9 Å². The summed E-state index contributed by atoms with van der Waals surface area (Å²) >= 11 is 0. The molecule has 0 aliphatic rings. The second kappa shape index (κ2) is 4.76. The number of benzene rings is 1. The van der Waals surface area contributed by atoms with Gasteiger partial charge in [-0.05, 0) is 24.3 Å². The maximum Gasteiger partial charge on any atom is 0.123 e. The summed E-state index contributed by atoms with van der Waals surface area (Å²) in [6, 6.07) is 6.25. The number of aromatic nitrogens is 2. The Morgan fingerprint density at radius 3 is 2.75 bits per heavy atom. The van der Waals surface area contributed by atoms with Crippen molar-refractivity contribution in [1.29, 1.82) is 0 Å². The summed E-state index contributed by atoms with van der Waals surface area (Å²) in [5, 5.41) is 9.97. The summed E-state index contributed by atoms with van der Waals surface area (Å²) in [5.41, 5.74) is 8.01. The van der Waals surface area contributed by atoms with E-state index in [9.17, 15) is 4.39 Å². The molecule has 0 amide bonds. The topological polar surface area (TPSA) is 66.7 Å². The van der Waals surface area contributed by atoms with Crippen LogP contribution in [0.4, 0.5) is 10.1 Å². The third-order valence-electron chi connectivity index (χ3n) is 2.23. The van der Waals surface area contributed by atoms with E-state index >= 15 is 0 Å². The van der Waals surface area contributed by atoms with Gasteiger partial charge in [-0.2, -0.15) is 5.10 Å². The van der Waals surface area contributed by atoms with Crippen molar-refractivity contribution in [3.63, 3.8) is 0 Å². The van der Waals surface area contributed by atoms with Crippen molar-refractivity contribution in [2.75, 3.05) is 18.4 Å². The van der Waals surface area contributed by atoms with E-state index in [4.69, 9.17) is 5.73 Å². The standard InChI is InChI=1S/C11H13FN4/c12-9-3-1-8(2-4-9)11-10(7-15-16-11)14-6-5-13/h1-4,7,14H,5-6,13H2,(H,15,16). The molecule has 1 aromatic carbocycles. The van der Waals surface area contributed by atoms with Crippen LogP contribution in [-0.4, -0.2) is 23.3 Å². The molecule has 84 valence electrons. The highest BCUT2D eigenvalue weighted by molar-refractivity contribution is 5.73. The van der Waals surface area contributed by atoms with Gasteiger partial charge >= 0.3 is 0 Å². The van der Waals surface area contributed by atoms with Gasteiger partial charge < -0.3 is 11.1 Å². The number of hydrogen-bond donors (Lipinski definition) is 3. The molecule has 16 heavy (non-hydrogen) atoms. The van der Waals surface area contributed by atoms with Gasteiger partial charge in [-0.3, -0.25) is 5.10 Å². The first-order valence-corrected chi connectivity index (χ1v) is 5.04. The van der Waals surface area contributed by atoms with E-state index in [2.05, 4.69) is 15.5 Å². The second-order valence-corrected chi connectivity index (χ2v) is 3.38. The van der Waals surface area contributed by atoms with Crippen LogP contribution >= 0.6 is 0 Å². The molecule has 1 heterocycles. The zero-order valence-electron chi connectivity index (χ0n) is 8.70. The van der Waals surface area contributed by atoms with Crippen molar-refractivity contribution in [2.45, 2.75) is 0 Å². The monoisotopic (exact) mass is 220 g/mol. The van der Waals surface area contributed by atoms with Crippen LogP contribution in [0.15, 0.2) is 30.5 Å². The molecule has 0 aliphatic heterocycles. The summed E-state index contributed by atoms with van der Waals surface area (Å²) in [5.74, 6) is -0.250. The molecule has 2 aromatic rings. The summed E-state index contributed by atoms with van der Waals surface area (Å²) in [6.45, 7) is 1.22. The average Bonchev–Trinajstić information content (AvgIpc) is 2.75. The van der Waals surface area contributed by atoms with Crippen molar-refractivity contribution >= 4 is 5.69 Å². The number of halogens is 1. The molecular formula is C11H13FN4. The molecule has 2 rings (SSSR count). The molecule has 0 fully saturated rings. The van der Waals surface area contributed by atoms with Gasteiger partial charge in [0, 0.05) is 18.7 Å². The van der Waals surface area contributed by atoms with E-state index in [1.807, 2.05) is 0 Å². The van der Waals surface area contributed by atoms with E-state index in [-0.39, 0.29) is 5.82 Å². The normalized spacial score (nSPS) is 10.4. The highest BCUT2D eigenvalue weighted by atomic mass is 19.1. The number of rotatable bonds is 4. The molecule has 0 saturated heterocycles. The van der Waals surface area contributed by atoms with Crippen molar-refractivity contribution in [3.8, 4) is 11.3 Å². The van der Waals surface area contributed by atoms with Gasteiger partial charge in [0.25, 0.3) is 0 Å². The maximum absolute atomic E-state index is 12.8. The molecule has 4 N–H and O–H groups in total. The smallest absolute Gasteiger partial charge is 0.123 e. The van der Waals surface area contributed by atoms with Gasteiger partial charge in [-0.15, -0.1) is 0 Å². The fraction of sp³-hybridized carbons (Fsp3) is 0.182. The number of anilines is 1. The SMILES string of the molecule is NCCNc1cn[nH]c1-c1ccc(F)cc1. The van der Waals surface area contributed by atoms with Gasteiger partial charge in [0.15, 0.2) is 0 Å². The Labute approximate surface area is 92.7 Å². The number of nitrogens with one attached hydrogen (secondary N) is 2. The molecule has 0 unspecified atom stereocenters. The molecule has 0 saturated carbocycles. The molecule has 0 atom stereocenters. The van der Waals surface area contributed by atoms with Gasteiger partial charge in [-0.25, -0.2) is 4.39 Å². The van der Waals surface area contributed by atoms with Gasteiger partial charge in [0.2, 0.25) is 0 Å². The quantitative estimate of drug-likeness (QED) is 0.733. The number of nitrogens with zero attached hydrogens (tertiary/aromatic N) is 1. The summed E-state index contributed by atoms with van der Waals surface area (Å²) in [4.78, 5) is 0. The number of H-pyrrole nitrogens is 1. The summed E-state index contributed by atoms with van der Waals surface area (Å²) in [6.07, 6.45) is 1.69. The first kappa shape index (κ1) is 10.6. The van der Waals surface area contributed by atoms with Crippen LogP contribution in [-0.2, 0) is 0 Å². The highest BCUT2D eigenvalue weighted by Gasteiger charge is 2.06. The second-order valence-electron chi connectivity index (χ2n) is 3.38. The van der Waals surface area contributed by atoms with E-state index < -0.39 is 0 Å². The van der Waals surface area contributed by atoms with Crippen LogP contribution in [0.5, 0.6) is 0 Å². The Hall–Kier alpha value is -1.88. The van der Waals surface area contributed by atoms with Crippen molar-refractivity contribution in [1.82, 2.24) is 10.2 Å². The third-order valence-corrected chi connectivity index (χ3v) is 2.23. The molecule has 0 bridgehead atoms. The lowest BCUT2D eigenvalue weighted by molar-refractivity contribution is 0.628. The third kappa shape index (κ3) is 2.20. The first-order valence-electron chi connectivity index (χ1n) is 5.04. The largest absolute Gasteiger partial charge is 0.381 e. The van der Waals surface area contributed by atoms with Gasteiger partial charge in [0.1, 0.15) is 5.82 Å². The van der Waals surface area contributed by atoms with Crippen LogP contribution in [0, 0.1) is 5.82 Å². The molecule has 0 aliphatic carbocycles. The Bertz CT molecular complexity index is 449. The number of hydrogen-bond acceptors (Lipinski definition) is 3. The first-order chi connectivity index (χ1) is 7.81. The van der Waals surface area contributed by atoms with Crippen molar-refractivity contribution in [3.05, 3.63) is 36.3 Å². The average molecular weight is 220 g/mol. The van der Waals surface area contributed by atoms with Crippen LogP contribution < -0.4 is 11.1 Å². The lowest BCUT2D eigenvalue weighted by Crippen LogP contribution is -2.13. The molecule has 0 spiro atoms.